The summed E-state index contributed by atoms with van der Waals surface area (Å²) in [6.45, 7) is 23.1. The summed E-state index contributed by atoms with van der Waals surface area (Å²) in [5.74, 6) is 16.2. The molecule has 32 atom stereocenters. The molecule has 23 rings (SSSR count). The summed E-state index contributed by atoms with van der Waals surface area (Å²) >= 11 is 0. The van der Waals surface area contributed by atoms with Gasteiger partial charge in [-0.2, -0.15) is 0 Å². The van der Waals surface area contributed by atoms with Gasteiger partial charge in [-0.15, -0.1) is 0 Å². The molecule has 19 aliphatic carbocycles. The van der Waals surface area contributed by atoms with Crippen LogP contribution in [0.15, 0.2) is 0 Å². The van der Waals surface area contributed by atoms with Gasteiger partial charge in [-0.1, -0.05) is 102 Å². The second kappa shape index (κ2) is 33.8. The highest BCUT2D eigenvalue weighted by molar-refractivity contribution is 5.86. The quantitative estimate of drug-likeness (QED) is 0.131. The number of esters is 5. The molecule has 0 aromatic carbocycles. The molecule has 23 fully saturated rings. The van der Waals surface area contributed by atoms with E-state index in [4.69, 9.17) is 23.7 Å². The van der Waals surface area contributed by atoms with Gasteiger partial charge in [0, 0.05) is 23.7 Å². The van der Waals surface area contributed by atoms with Gasteiger partial charge in [0.25, 0.3) is 0 Å². The molecule has 103 heavy (non-hydrogen) atoms. The second-order valence-corrected chi connectivity index (χ2v) is 37.3. The number of hydrogen-bond donors (Lipinski definition) is 5. The van der Waals surface area contributed by atoms with Crippen molar-refractivity contribution in [3.8, 4) is 0 Å². The molecular weight excluding hydrogens is 1300 g/mol. The van der Waals surface area contributed by atoms with Crippen LogP contribution in [-0.2, 0) is 47.7 Å². The average Bonchev–Trinajstić information content (AvgIpc) is 1.56. The zero-order valence-corrected chi connectivity index (χ0v) is 66.1. The van der Waals surface area contributed by atoms with Crippen molar-refractivity contribution in [1.29, 1.82) is 0 Å². The van der Waals surface area contributed by atoms with Gasteiger partial charge in [0.2, 0.25) is 0 Å². The number of hydrogen-bond acceptors (Lipinski definition) is 15. The largest absolute Gasteiger partial charge is 0.469 e. The number of carbonyl (C=O) groups is 5. The van der Waals surface area contributed by atoms with E-state index in [1.54, 1.807) is 0 Å². The summed E-state index contributed by atoms with van der Waals surface area (Å²) in [7, 11) is 1.39. The lowest BCUT2D eigenvalue weighted by Crippen LogP contribution is -2.37. The molecule has 14 bridgehead atoms. The highest BCUT2D eigenvalue weighted by atomic mass is 16.6. The molecule has 0 radical (unpaired) electrons. The van der Waals surface area contributed by atoms with Gasteiger partial charge >= 0.3 is 29.8 Å². The van der Waals surface area contributed by atoms with Gasteiger partial charge < -0.3 is 49.2 Å². The van der Waals surface area contributed by atoms with Crippen LogP contribution in [-0.4, -0.2) is 116 Å². The van der Waals surface area contributed by atoms with Crippen LogP contribution < -0.4 is 0 Å². The summed E-state index contributed by atoms with van der Waals surface area (Å²) in [5.41, 5.74) is 0.0176. The van der Waals surface area contributed by atoms with Crippen LogP contribution >= 0.6 is 0 Å². The van der Waals surface area contributed by atoms with Gasteiger partial charge in [0.1, 0.15) is 23.4 Å². The third-order valence-corrected chi connectivity index (χ3v) is 33.3. The van der Waals surface area contributed by atoms with Crippen molar-refractivity contribution < 1.29 is 73.2 Å². The van der Waals surface area contributed by atoms with E-state index in [0.717, 1.165) is 149 Å². The lowest BCUT2D eigenvalue weighted by atomic mass is 9.60. The molecule has 0 aromatic rings. The molecule has 4 saturated heterocycles. The number of aliphatic hydroxyl groups excluding tert-OH is 5. The van der Waals surface area contributed by atoms with Crippen LogP contribution in [0, 0.1) is 166 Å². The first kappa shape index (κ1) is 79.7. The average molecular weight is 1440 g/mol. The van der Waals surface area contributed by atoms with Crippen molar-refractivity contribution in [2.75, 3.05) is 7.11 Å². The summed E-state index contributed by atoms with van der Waals surface area (Å²) in [4.78, 5) is 58.2. The first-order valence-corrected chi connectivity index (χ1v) is 44.0. The maximum absolute atomic E-state index is 12.0. The molecule has 0 aromatic heterocycles. The first-order valence-electron chi connectivity index (χ1n) is 44.0. The minimum atomic E-state index is -0.418. The summed E-state index contributed by atoms with van der Waals surface area (Å²) in [6.07, 6.45) is 41.7. The van der Waals surface area contributed by atoms with Crippen LogP contribution in [0.4, 0.5) is 0 Å². The molecule has 2 spiro atoms. The van der Waals surface area contributed by atoms with E-state index in [-0.39, 0.29) is 95.1 Å². The fraction of sp³-hybridized carbons (Fsp3) is 0.943. The van der Waals surface area contributed by atoms with E-state index < -0.39 is 12.2 Å². The molecule has 4 aliphatic heterocycles. The molecule has 32 unspecified atom stereocenters. The van der Waals surface area contributed by atoms with E-state index in [9.17, 15) is 49.5 Å². The number of aliphatic hydroxyl groups is 5. The van der Waals surface area contributed by atoms with E-state index in [1.807, 2.05) is 41.5 Å². The Bertz CT molecular complexity index is 2780. The molecule has 23 aliphatic rings. The molecule has 19 saturated carbocycles. The third-order valence-electron chi connectivity index (χ3n) is 33.3. The molecule has 5 N–H and O–H groups in total. The van der Waals surface area contributed by atoms with Crippen LogP contribution in [0.5, 0.6) is 0 Å². The maximum atomic E-state index is 12.0. The van der Waals surface area contributed by atoms with Crippen LogP contribution in [0.25, 0.3) is 0 Å². The van der Waals surface area contributed by atoms with Crippen LogP contribution in [0.1, 0.15) is 294 Å². The fourth-order valence-corrected chi connectivity index (χ4v) is 28.5. The number of carbonyl (C=O) groups excluding carboxylic acids is 5. The normalized spacial score (nSPS) is 49.1. The molecule has 15 nitrogen and oxygen atoms in total. The highest BCUT2D eigenvalue weighted by Crippen LogP contribution is 2.65. The van der Waals surface area contributed by atoms with E-state index in [1.165, 1.54) is 136 Å². The van der Waals surface area contributed by atoms with Crippen molar-refractivity contribution in [3.05, 3.63) is 0 Å². The Kier molecular flexibility index (Phi) is 26.1. The predicted octanol–water partition coefficient (Wildman–Crippen LogP) is 16.3. The number of fused-ring (bicyclic) bond motifs is 18. The molecule has 586 valence electrons. The third kappa shape index (κ3) is 15.1. The first-order chi connectivity index (χ1) is 49.7. The fourth-order valence-electron chi connectivity index (χ4n) is 28.5. The standard InChI is InChI=1S/C13H18O2.C12H18O2.C11H14O4.C11H18O.C9H12O2.C9H16O2.C9H16O.C8H14O.3C2H6/c14-12-10-8-3-4-9(7-8)11(10)13(15-12)5-1-2-6-13;13-11-9-5-1-2-6-10(9)12(14-11)7-3-4-8-12;1-4-5-3-6-8(7(5)10(12)14-2)11(13)15-9(4)6;12-9-5-10-7-1-2-8(4-3-7)11(10)6-9;1-4-5-2-6-7(3-5)9(10)11-8(4)6;1-2-5-3-6-4-7(5)9(11)8(6)10;1-2-6-3-8-4-7(6)5-9(8)10;1-5-2-7-3-6(5)4-8(7)9;3*1-2/h8-11H,1-7H2;9-10H,1-8H2;4-9H,3H2,1-2H3;7-12H,1-6H2;4-8H,2-3H2,1H3;5-11H,2-4H2,1H3;6-10H,2-5H2,1H3;5-9H,2-4H2,1H3;3*1-2H3. The van der Waals surface area contributed by atoms with Gasteiger partial charge in [-0.05, 0) is 305 Å². The Hall–Kier alpha value is -2.85. The molecule has 4 heterocycles. The zero-order chi connectivity index (χ0) is 73.7. The van der Waals surface area contributed by atoms with E-state index in [0.29, 0.717) is 83.0 Å². The predicted molar refractivity (Wildman–Crippen MR) is 397 cm³/mol. The molecular formula is C88H144O15. The van der Waals surface area contributed by atoms with Crippen molar-refractivity contribution in [1.82, 2.24) is 0 Å². The minimum Gasteiger partial charge on any atom is -0.469 e. The van der Waals surface area contributed by atoms with Crippen molar-refractivity contribution in [3.63, 3.8) is 0 Å². The van der Waals surface area contributed by atoms with Gasteiger partial charge in [-0.25, -0.2) is 0 Å². The summed E-state index contributed by atoms with van der Waals surface area (Å²) in [6, 6.07) is 0. The van der Waals surface area contributed by atoms with E-state index >= 15 is 0 Å². The maximum Gasteiger partial charge on any atom is 0.310 e. The molecule has 0 amide bonds. The smallest absolute Gasteiger partial charge is 0.310 e. The minimum absolute atomic E-state index is 0.00215. The second-order valence-electron chi connectivity index (χ2n) is 37.3. The Morgan fingerprint density at radius 3 is 1.49 bits per heavy atom. The van der Waals surface area contributed by atoms with Crippen molar-refractivity contribution in [2.45, 2.75) is 348 Å². The Balaban J connectivity index is 0.000000110. The lowest BCUT2D eigenvalue weighted by Gasteiger charge is -2.45. The highest BCUT2D eigenvalue weighted by Gasteiger charge is 2.69. The topological polar surface area (TPSA) is 233 Å². The molecule has 15 heteroatoms. The SMILES string of the molecule is CC.CC.CC.CC1C2CC3C(=O)OC1C3C2.CC1CC2CC1CC2O.CCC1CC2CC1C(O)C2O.CCC1CC2CC1CC2O.COC(=O)C1C2CC3C(OC(=O)C31)C2C.O=C1OC2(CCCC2)C2C3CCC(C3)C12.O=C1OC2(CCCC2)C2CCCCC12.OC1CC2C3CCC(CC3)C2C1. The van der Waals surface area contributed by atoms with E-state index in [2.05, 4.69) is 34.6 Å². The lowest BCUT2D eigenvalue weighted by molar-refractivity contribution is -0.153. The Labute approximate surface area is 621 Å². The zero-order valence-electron chi connectivity index (χ0n) is 66.1. The Morgan fingerprint density at radius 2 is 0.951 bits per heavy atom. The number of methoxy groups -OCH3 is 1. The van der Waals surface area contributed by atoms with Gasteiger partial charge in [-0.3, -0.25) is 24.0 Å². The van der Waals surface area contributed by atoms with Crippen molar-refractivity contribution >= 4 is 29.8 Å². The monoisotopic (exact) mass is 1440 g/mol. The van der Waals surface area contributed by atoms with Gasteiger partial charge in [0.05, 0.1) is 67.2 Å². The number of rotatable bonds is 3. The summed E-state index contributed by atoms with van der Waals surface area (Å²) in [5, 5.41) is 47.4. The van der Waals surface area contributed by atoms with Crippen LogP contribution in [0.2, 0.25) is 0 Å². The Morgan fingerprint density at radius 1 is 0.417 bits per heavy atom. The van der Waals surface area contributed by atoms with Crippen LogP contribution in [0.3, 0.4) is 0 Å². The van der Waals surface area contributed by atoms with Gasteiger partial charge in [0.15, 0.2) is 0 Å². The summed E-state index contributed by atoms with van der Waals surface area (Å²) < 4.78 is 27.0. The van der Waals surface area contributed by atoms with Crippen molar-refractivity contribution in [2.24, 2.45) is 166 Å². The number of ether oxygens (including phenoxy) is 5.